The molecule has 0 bridgehead atoms. The molecular weight excluding hydrogens is 295 g/mol. The molecule has 4 heteroatoms. The van der Waals surface area contributed by atoms with Gasteiger partial charge in [0.2, 0.25) is 0 Å². The maximum absolute atomic E-state index is 10.7. The molecule has 1 fully saturated rings. The minimum Gasteiger partial charge on any atom is -0.386 e. The molecule has 0 radical (unpaired) electrons. The average Bonchev–Trinajstić information content (AvgIpc) is 2.48. The lowest BCUT2D eigenvalue weighted by atomic mass is 9.82. The second kappa shape index (κ2) is 7.65. The topological polar surface area (TPSA) is 29.5 Å². The van der Waals surface area contributed by atoms with Crippen LogP contribution in [0.5, 0.6) is 0 Å². The first-order valence-corrected chi connectivity index (χ1v) is 8.13. The van der Waals surface area contributed by atoms with Crippen molar-refractivity contribution in [2.75, 3.05) is 6.61 Å². The molecule has 0 amide bonds. The summed E-state index contributed by atoms with van der Waals surface area (Å²) >= 11 is 12.0. The summed E-state index contributed by atoms with van der Waals surface area (Å²) in [5.41, 5.74) is 0.781. The monoisotopic (exact) mass is 316 g/mol. The van der Waals surface area contributed by atoms with Gasteiger partial charge in [0.1, 0.15) is 6.10 Å². The molecule has 20 heavy (non-hydrogen) atoms. The lowest BCUT2D eigenvalue weighted by Gasteiger charge is -2.33. The smallest absolute Gasteiger partial charge is 0.105 e. The molecule has 1 aromatic rings. The Morgan fingerprint density at radius 1 is 1.20 bits per heavy atom. The second-order valence-electron chi connectivity index (χ2n) is 5.44. The Bertz CT molecular complexity index is 430. The molecular formula is C16H22Cl2O2. The van der Waals surface area contributed by atoms with Gasteiger partial charge in [0.25, 0.3) is 0 Å². The molecule has 1 N–H and O–H groups in total. The summed E-state index contributed by atoms with van der Waals surface area (Å²) in [4.78, 5) is 0. The molecule has 2 rings (SSSR count). The molecule has 0 aromatic heterocycles. The Morgan fingerprint density at radius 3 is 2.50 bits per heavy atom. The number of benzene rings is 1. The van der Waals surface area contributed by atoms with Crippen LogP contribution in [0.25, 0.3) is 0 Å². The fourth-order valence-electron chi connectivity index (χ4n) is 3.03. The zero-order chi connectivity index (χ0) is 14.5. The van der Waals surface area contributed by atoms with E-state index in [1.807, 2.05) is 13.0 Å². The second-order valence-corrected chi connectivity index (χ2v) is 6.25. The first-order chi connectivity index (χ1) is 9.63. The Morgan fingerprint density at radius 2 is 1.90 bits per heavy atom. The van der Waals surface area contributed by atoms with E-state index in [4.69, 9.17) is 27.9 Å². The Labute approximate surface area is 131 Å². The molecule has 1 aliphatic carbocycles. The van der Waals surface area contributed by atoms with E-state index in [0.717, 1.165) is 18.4 Å². The molecule has 0 heterocycles. The zero-order valence-corrected chi connectivity index (χ0v) is 13.3. The van der Waals surface area contributed by atoms with E-state index in [0.29, 0.717) is 22.6 Å². The number of halogens is 2. The van der Waals surface area contributed by atoms with E-state index in [1.54, 1.807) is 12.1 Å². The molecule has 112 valence electrons. The van der Waals surface area contributed by atoms with Crippen LogP contribution in [0.2, 0.25) is 10.0 Å². The number of hydrogen-bond acceptors (Lipinski definition) is 2. The van der Waals surface area contributed by atoms with Gasteiger partial charge in [-0.25, -0.2) is 0 Å². The normalized spacial score (nSPS) is 19.8. The predicted octanol–water partition coefficient (Wildman–Crippen LogP) is 5.01. The van der Waals surface area contributed by atoms with E-state index < -0.39 is 6.10 Å². The number of hydrogen-bond donors (Lipinski definition) is 1. The molecule has 1 aliphatic rings. The third-order valence-corrected chi connectivity index (χ3v) is 4.81. The van der Waals surface area contributed by atoms with Crippen LogP contribution in [0, 0.1) is 5.92 Å². The van der Waals surface area contributed by atoms with Crippen LogP contribution < -0.4 is 0 Å². The minimum absolute atomic E-state index is 0.155. The summed E-state index contributed by atoms with van der Waals surface area (Å²) in [6, 6.07) is 5.30. The highest BCUT2D eigenvalue weighted by atomic mass is 35.5. The molecule has 1 aromatic carbocycles. The van der Waals surface area contributed by atoms with Crippen LogP contribution in [0.15, 0.2) is 18.2 Å². The van der Waals surface area contributed by atoms with Crippen molar-refractivity contribution >= 4 is 23.2 Å². The van der Waals surface area contributed by atoms with Gasteiger partial charge in [0.15, 0.2) is 0 Å². The van der Waals surface area contributed by atoms with Crippen molar-refractivity contribution in [3.63, 3.8) is 0 Å². The lowest BCUT2D eigenvalue weighted by Crippen LogP contribution is -2.32. The molecule has 0 aliphatic heterocycles. The average molecular weight is 317 g/mol. The van der Waals surface area contributed by atoms with Gasteiger partial charge < -0.3 is 9.84 Å². The summed E-state index contributed by atoms with van der Waals surface area (Å²) in [5, 5.41) is 11.6. The van der Waals surface area contributed by atoms with Gasteiger partial charge in [-0.1, -0.05) is 48.5 Å². The maximum Gasteiger partial charge on any atom is 0.105 e. The van der Waals surface area contributed by atoms with Crippen molar-refractivity contribution in [2.24, 2.45) is 5.92 Å². The van der Waals surface area contributed by atoms with Crippen LogP contribution in [0.4, 0.5) is 0 Å². The standard InChI is InChI=1S/C16H22Cl2O2/c1-2-20-16(11-6-4-3-5-7-11)15(19)12-8-9-13(17)14(18)10-12/h8-11,15-16,19H,2-7H2,1H3. The Kier molecular flexibility index (Phi) is 6.16. The third kappa shape index (κ3) is 3.88. The Balaban J connectivity index is 2.16. The minimum atomic E-state index is -0.646. The van der Waals surface area contributed by atoms with Crippen molar-refractivity contribution in [2.45, 2.75) is 51.2 Å². The van der Waals surface area contributed by atoms with Crippen molar-refractivity contribution in [3.8, 4) is 0 Å². The SMILES string of the molecule is CCOC(C1CCCCC1)C(O)c1ccc(Cl)c(Cl)c1. The van der Waals surface area contributed by atoms with Gasteiger partial charge >= 0.3 is 0 Å². The van der Waals surface area contributed by atoms with Crippen LogP contribution in [0.3, 0.4) is 0 Å². The molecule has 2 atom stereocenters. The fraction of sp³-hybridized carbons (Fsp3) is 0.625. The first kappa shape index (κ1) is 16.1. The zero-order valence-electron chi connectivity index (χ0n) is 11.8. The fourth-order valence-corrected chi connectivity index (χ4v) is 3.33. The van der Waals surface area contributed by atoms with Gasteiger partial charge in [0, 0.05) is 6.61 Å². The van der Waals surface area contributed by atoms with Crippen molar-refractivity contribution in [1.82, 2.24) is 0 Å². The van der Waals surface area contributed by atoms with Crippen molar-refractivity contribution in [3.05, 3.63) is 33.8 Å². The van der Waals surface area contributed by atoms with Gasteiger partial charge in [-0.15, -0.1) is 0 Å². The molecule has 0 saturated heterocycles. The first-order valence-electron chi connectivity index (χ1n) is 7.38. The van der Waals surface area contributed by atoms with Gasteiger partial charge in [-0.3, -0.25) is 0 Å². The molecule has 0 spiro atoms. The van der Waals surface area contributed by atoms with E-state index in [-0.39, 0.29) is 6.10 Å². The van der Waals surface area contributed by atoms with Crippen LogP contribution in [-0.4, -0.2) is 17.8 Å². The van der Waals surface area contributed by atoms with Gasteiger partial charge in [-0.05, 0) is 43.4 Å². The number of aliphatic hydroxyl groups is 1. The van der Waals surface area contributed by atoms with Gasteiger partial charge in [-0.2, -0.15) is 0 Å². The van der Waals surface area contributed by atoms with E-state index in [1.165, 1.54) is 19.3 Å². The molecule has 2 unspecified atom stereocenters. The highest BCUT2D eigenvalue weighted by Crippen LogP contribution is 2.35. The Hall–Kier alpha value is -0.280. The summed E-state index contributed by atoms with van der Waals surface area (Å²) in [6.07, 6.45) is 5.19. The lowest BCUT2D eigenvalue weighted by molar-refractivity contribution is -0.0739. The van der Waals surface area contributed by atoms with Crippen molar-refractivity contribution in [1.29, 1.82) is 0 Å². The summed E-state index contributed by atoms with van der Waals surface area (Å²) in [6.45, 7) is 2.58. The highest BCUT2D eigenvalue weighted by Gasteiger charge is 2.31. The van der Waals surface area contributed by atoms with Crippen LogP contribution >= 0.6 is 23.2 Å². The van der Waals surface area contributed by atoms with E-state index >= 15 is 0 Å². The summed E-state index contributed by atoms with van der Waals surface area (Å²) in [5.74, 6) is 0.424. The largest absolute Gasteiger partial charge is 0.386 e. The highest BCUT2D eigenvalue weighted by molar-refractivity contribution is 6.42. The molecule has 2 nitrogen and oxygen atoms in total. The van der Waals surface area contributed by atoms with Crippen LogP contribution in [0.1, 0.15) is 50.7 Å². The van der Waals surface area contributed by atoms with E-state index in [9.17, 15) is 5.11 Å². The maximum atomic E-state index is 10.7. The van der Waals surface area contributed by atoms with Crippen molar-refractivity contribution < 1.29 is 9.84 Å². The predicted molar refractivity (Wildman–Crippen MR) is 83.4 cm³/mol. The van der Waals surface area contributed by atoms with E-state index in [2.05, 4.69) is 0 Å². The third-order valence-electron chi connectivity index (χ3n) is 4.07. The molecule has 1 saturated carbocycles. The van der Waals surface area contributed by atoms with Crippen LogP contribution in [-0.2, 0) is 4.74 Å². The number of ether oxygens (including phenoxy) is 1. The quantitative estimate of drug-likeness (QED) is 0.827. The number of aliphatic hydroxyl groups excluding tert-OH is 1. The number of rotatable bonds is 5. The summed E-state index contributed by atoms with van der Waals surface area (Å²) < 4.78 is 5.84. The van der Waals surface area contributed by atoms with Gasteiger partial charge in [0.05, 0.1) is 16.1 Å². The summed E-state index contributed by atoms with van der Waals surface area (Å²) in [7, 11) is 0.